The third-order valence-corrected chi connectivity index (χ3v) is 2.50. The number of carbonyl (C=O) groups excluding carboxylic acids is 1. The maximum absolute atomic E-state index is 11.7. The Morgan fingerprint density at radius 3 is 2.48 bits per heavy atom. The van der Waals surface area contributed by atoms with E-state index in [1.807, 2.05) is 0 Å². The van der Waals surface area contributed by atoms with Crippen LogP contribution in [0.5, 0.6) is 0 Å². The predicted molar refractivity (Wildman–Crippen MR) is 76.1 cm³/mol. The number of aliphatic carboxylic acids is 1. The molecule has 0 aliphatic carbocycles. The van der Waals surface area contributed by atoms with Crippen molar-refractivity contribution in [2.24, 2.45) is 27.3 Å². The standard InChI is InChI=1S/C10H20N8O3/c11-6(2-1-4-15-10(12)13)8(19)17-7(9(20)21)3-5-16-18-14/h6-7H,1-5,11H2,(H,17,19)(H,20,21)(H4,12,13,15). The van der Waals surface area contributed by atoms with Gasteiger partial charge in [-0.3, -0.25) is 9.79 Å². The van der Waals surface area contributed by atoms with Crippen LogP contribution in [-0.2, 0) is 9.59 Å². The van der Waals surface area contributed by atoms with E-state index in [4.69, 9.17) is 27.8 Å². The number of nitrogens with one attached hydrogen (secondary N) is 1. The molecule has 0 fully saturated rings. The van der Waals surface area contributed by atoms with Crippen molar-refractivity contribution in [1.29, 1.82) is 0 Å². The third kappa shape index (κ3) is 9.08. The van der Waals surface area contributed by atoms with E-state index >= 15 is 0 Å². The summed E-state index contributed by atoms with van der Waals surface area (Å²) in [6, 6.07) is -2.01. The van der Waals surface area contributed by atoms with Gasteiger partial charge in [-0.2, -0.15) is 0 Å². The molecule has 0 saturated carbocycles. The van der Waals surface area contributed by atoms with E-state index in [9.17, 15) is 9.59 Å². The van der Waals surface area contributed by atoms with Gasteiger partial charge in [0.2, 0.25) is 5.91 Å². The van der Waals surface area contributed by atoms with Crippen molar-refractivity contribution in [3.8, 4) is 0 Å². The summed E-state index contributed by atoms with van der Waals surface area (Å²) in [4.78, 5) is 28.9. The second-order valence-corrected chi connectivity index (χ2v) is 4.20. The second-order valence-electron chi connectivity index (χ2n) is 4.20. The Hall–Kier alpha value is -2.52. The highest BCUT2D eigenvalue weighted by atomic mass is 16.4. The number of carboxylic acid groups (broad SMARTS) is 1. The average molecular weight is 300 g/mol. The number of aliphatic imine (C=N–C) groups is 1. The Bertz CT molecular complexity index is 428. The molecule has 0 saturated heterocycles. The van der Waals surface area contributed by atoms with Crippen LogP contribution in [0.15, 0.2) is 10.1 Å². The number of nitrogens with two attached hydrogens (primary N) is 3. The quantitative estimate of drug-likeness (QED) is 0.0820. The fourth-order valence-electron chi connectivity index (χ4n) is 1.42. The molecule has 0 aliphatic rings. The van der Waals surface area contributed by atoms with Crippen molar-refractivity contribution in [2.75, 3.05) is 13.1 Å². The lowest BCUT2D eigenvalue weighted by Gasteiger charge is -2.17. The number of azide groups is 1. The number of carboxylic acids is 1. The van der Waals surface area contributed by atoms with Gasteiger partial charge in [-0.05, 0) is 24.8 Å². The molecule has 0 aliphatic heterocycles. The molecule has 0 radical (unpaired) electrons. The third-order valence-electron chi connectivity index (χ3n) is 2.50. The van der Waals surface area contributed by atoms with E-state index in [1.54, 1.807) is 0 Å². The normalized spacial score (nSPS) is 12.6. The minimum Gasteiger partial charge on any atom is -0.480 e. The van der Waals surface area contributed by atoms with Crippen LogP contribution in [0, 0.1) is 0 Å². The number of rotatable bonds is 10. The number of amides is 1. The Balaban J connectivity index is 4.24. The molecule has 11 nitrogen and oxygen atoms in total. The Labute approximate surface area is 121 Å². The van der Waals surface area contributed by atoms with Gasteiger partial charge in [0.25, 0.3) is 0 Å². The van der Waals surface area contributed by atoms with Crippen LogP contribution < -0.4 is 22.5 Å². The van der Waals surface area contributed by atoms with Gasteiger partial charge >= 0.3 is 5.97 Å². The first-order valence-corrected chi connectivity index (χ1v) is 6.23. The van der Waals surface area contributed by atoms with Gasteiger partial charge in [-0.1, -0.05) is 5.11 Å². The summed E-state index contributed by atoms with van der Waals surface area (Å²) in [5.74, 6) is -1.85. The van der Waals surface area contributed by atoms with E-state index in [1.165, 1.54) is 0 Å². The molecule has 0 bridgehead atoms. The molecule has 2 atom stereocenters. The summed E-state index contributed by atoms with van der Waals surface area (Å²) >= 11 is 0. The molecular formula is C10H20N8O3. The fraction of sp³-hybridized carbons (Fsp3) is 0.700. The summed E-state index contributed by atoms with van der Waals surface area (Å²) in [5.41, 5.74) is 24.0. The van der Waals surface area contributed by atoms with E-state index in [0.717, 1.165) is 0 Å². The Kier molecular flexibility index (Phi) is 9.05. The lowest BCUT2D eigenvalue weighted by atomic mass is 10.1. The van der Waals surface area contributed by atoms with E-state index < -0.39 is 24.0 Å². The van der Waals surface area contributed by atoms with E-state index in [0.29, 0.717) is 19.4 Å². The van der Waals surface area contributed by atoms with Gasteiger partial charge in [0.15, 0.2) is 5.96 Å². The van der Waals surface area contributed by atoms with E-state index in [2.05, 4.69) is 20.3 Å². The molecule has 11 heteroatoms. The molecule has 0 rings (SSSR count). The zero-order valence-electron chi connectivity index (χ0n) is 11.5. The van der Waals surface area contributed by atoms with Crippen LogP contribution in [0.2, 0.25) is 0 Å². The zero-order valence-corrected chi connectivity index (χ0v) is 11.5. The first kappa shape index (κ1) is 18.5. The summed E-state index contributed by atoms with van der Waals surface area (Å²) in [7, 11) is 0. The Morgan fingerprint density at radius 2 is 1.95 bits per heavy atom. The predicted octanol–water partition coefficient (Wildman–Crippen LogP) is -1.36. The second kappa shape index (κ2) is 10.3. The lowest BCUT2D eigenvalue weighted by Crippen LogP contribution is -2.48. The van der Waals surface area contributed by atoms with Gasteiger partial charge < -0.3 is 27.6 Å². The SMILES string of the molecule is [N-]=[N+]=NCCC(NC(=O)C(N)CCCN=C(N)N)C(=O)O. The molecule has 1 amide bonds. The van der Waals surface area contributed by atoms with Crippen molar-refractivity contribution in [2.45, 2.75) is 31.3 Å². The average Bonchev–Trinajstić information content (AvgIpc) is 2.41. The number of carbonyl (C=O) groups is 2. The molecular weight excluding hydrogens is 280 g/mol. The van der Waals surface area contributed by atoms with Crippen LogP contribution in [0.4, 0.5) is 0 Å². The van der Waals surface area contributed by atoms with Gasteiger partial charge in [0, 0.05) is 18.0 Å². The van der Waals surface area contributed by atoms with Gasteiger partial charge in [-0.15, -0.1) is 0 Å². The van der Waals surface area contributed by atoms with Crippen molar-refractivity contribution >= 4 is 17.8 Å². The number of nitrogens with zero attached hydrogens (tertiary/aromatic N) is 4. The number of guanidine groups is 1. The minimum atomic E-state index is -1.22. The van der Waals surface area contributed by atoms with Gasteiger partial charge in [-0.25, -0.2) is 4.79 Å². The lowest BCUT2D eigenvalue weighted by molar-refractivity contribution is -0.142. The van der Waals surface area contributed by atoms with Crippen LogP contribution in [0.3, 0.4) is 0 Å². The van der Waals surface area contributed by atoms with Crippen LogP contribution in [0.1, 0.15) is 19.3 Å². The highest BCUT2D eigenvalue weighted by Gasteiger charge is 2.22. The van der Waals surface area contributed by atoms with Crippen molar-refractivity contribution in [3.63, 3.8) is 0 Å². The summed E-state index contributed by atoms with van der Waals surface area (Å²) < 4.78 is 0. The highest BCUT2D eigenvalue weighted by molar-refractivity contribution is 5.86. The van der Waals surface area contributed by atoms with Gasteiger partial charge in [0.1, 0.15) is 6.04 Å². The van der Waals surface area contributed by atoms with Gasteiger partial charge in [0.05, 0.1) is 6.04 Å². The summed E-state index contributed by atoms with van der Waals surface area (Å²) in [5, 5.41) is 14.5. The van der Waals surface area contributed by atoms with E-state index in [-0.39, 0.29) is 18.9 Å². The van der Waals surface area contributed by atoms with Crippen LogP contribution >= 0.6 is 0 Å². The zero-order chi connectivity index (χ0) is 16.3. The fourth-order valence-corrected chi connectivity index (χ4v) is 1.42. The monoisotopic (exact) mass is 300 g/mol. The molecule has 0 heterocycles. The molecule has 0 aromatic heterocycles. The molecule has 2 unspecified atom stereocenters. The smallest absolute Gasteiger partial charge is 0.326 e. The number of hydrogen-bond donors (Lipinski definition) is 5. The summed E-state index contributed by atoms with van der Waals surface area (Å²) in [6.07, 6.45) is 0.792. The minimum absolute atomic E-state index is 0.00808. The molecule has 21 heavy (non-hydrogen) atoms. The van der Waals surface area contributed by atoms with Crippen molar-refractivity contribution < 1.29 is 14.7 Å². The Morgan fingerprint density at radius 1 is 1.29 bits per heavy atom. The van der Waals surface area contributed by atoms with Crippen LogP contribution in [0.25, 0.3) is 10.4 Å². The maximum Gasteiger partial charge on any atom is 0.326 e. The maximum atomic E-state index is 11.7. The van der Waals surface area contributed by atoms with Crippen molar-refractivity contribution in [1.82, 2.24) is 5.32 Å². The first-order valence-electron chi connectivity index (χ1n) is 6.23. The largest absolute Gasteiger partial charge is 0.480 e. The molecule has 8 N–H and O–H groups in total. The molecule has 0 spiro atoms. The molecule has 0 aromatic carbocycles. The topological polar surface area (TPSA) is 206 Å². The number of hydrogen-bond acceptors (Lipinski definition) is 5. The summed E-state index contributed by atoms with van der Waals surface area (Å²) in [6.45, 7) is 0.302. The molecule has 0 aromatic rings. The first-order chi connectivity index (χ1) is 9.88. The molecule has 118 valence electrons. The van der Waals surface area contributed by atoms with Crippen molar-refractivity contribution in [3.05, 3.63) is 10.4 Å². The highest BCUT2D eigenvalue weighted by Crippen LogP contribution is 1.99. The van der Waals surface area contributed by atoms with Crippen LogP contribution in [-0.4, -0.2) is 48.1 Å².